The van der Waals surface area contributed by atoms with Gasteiger partial charge in [0.1, 0.15) is 6.04 Å². The smallest absolute Gasteiger partial charge is 0.328 e. The standard InChI is InChI=1S/C11H16N6O3/c12-11(13)15-6-1-3-8(10(18)19)14-5-2-4-9-17-16-7-20-9/h2,4-5,7-8H,1,3,6H2,(H,18,19)(H4,12,13,15)/b4-2+,14-5?/t8-/m0/s1. The van der Waals surface area contributed by atoms with E-state index in [1.54, 1.807) is 0 Å². The summed E-state index contributed by atoms with van der Waals surface area (Å²) in [5, 5.41) is 16.1. The Bertz CT molecular complexity index is 490. The molecule has 1 atom stereocenters. The van der Waals surface area contributed by atoms with Crippen LogP contribution in [-0.2, 0) is 4.79 Å². The summed E-state index contributed by atoms with van der Waals surface area (Å²) in [6.45, 7) is 0.374. The van der Waals surface area contributed by atoms with Gasteiger partial charge < -0.3 is 21.0 Å². The number of allylic oxidation sites excluding steroid dienone is 1. The number of nitrogens with two attached hydrogens (primary N) is 2. The molecule has 0 saturated heterocycles. The molecular weight excluding hydrogens is 264 g/mol. The Morgan fingerprint density at radius 1 is 1.55 bits per heavy atom. The number of carbonyl (C=O) groups is 1. The van der Waals surface area contributed by atoms with Crippen molar-refractivity contribution in [3.8, 4) is 0 Å². The topological polar surface area (TPSA) is 153 Å². The Morgan fingerprint density at radius 3 is 2.95 bits per heavy atom. The van der Waals surface area contributed by atoms with E-state index >= 15 is 0 Å². The molecule has 0 aliphatic rings. The molecule has 1 aromatic heterocycles. The summed E-state index contributed by atoms with van der Waals surface area (Å²) in [7, 11) is 0. The first-order valence-corrected chi connectivity index (χ1v) is 5.84. The van der Waals surface area contributed by atoms with Gasteiger partial charge >= 0.3 is 5.97 Å². The molecule has 0 unspecified atom stereocenters. The largest absolute Gasteiger partial charge is 0.480 e. The zero-order valence-electron chi connectivity index (χ0n) is 10.7. The van der Waals surface area contributed by atoms with E-state index in [4.69, 9.17) is 21.0 Å². The van der Waals surface area contributed by atoms with Gasteiger partial charge in [-0.1, -0.05) is 0 Å². The Labute approximate surface area is 115 Å². The average Bonchev–Trinajstić information content (AvgIpc) is 2.89. The molecule has 20 heavy (non-hydrogen) atoms. The maximum absolute atomic E-state index is 11.0. The highest BCUT2D eigenvalue weighted by Gasteiger charge is 2.13. The second-order valence-electron chi connectivity index (χ2n) is 3.74. The number of nitrogens with zero attached hydrogens (tertiary/aromatic N) is 4. The number of rotatable bonds is 8. The average molecular weight is 280 g/mol. The van der Waals surface area contributed by atoms with E-state index in [0.29, 0.717) is 25.3 Å². The molecule has 5 N–H and O–H groups in total. The third-order valence-corrected chi connectivity index (χ3v) is 2.18. The van der Waals surface area contributed by atoms with Crippen molar-refractivity contribution in [1.82, 2.24) is 10.2 Å². The molecule has 0 saturated carbocycles. The summed E-state index contributed by atoms with van der Waals surface area (Å²) in [5.74, 6) is -0.698. The molecule has 0 radical (unpaired) electrons. The Balaban J connectivity index is 2.42. The second kappa shape index (κ2) is 8.40. The molecule has 9 heteroatoms. The van der Waals surface area contributed by atoms with Crippen LogP contribution in [0.1, 0.15) is 18.7 Å². The van der Waals surface area contributed by atoms with Crippen LogP contribution in [0.2, 0.25) is 0 Å². The highest BCUT2D eigenvalue weighted by Crippen LogP contribution is 2.03. The Hall–Kier alpha value is -2.71. The molecule has 0 bridgehead atoms. The van der Waals surface area contributed by atoms with Crippen LogP contribution in [0.25, 0.3) is 6.08 Å². The van der Waals surface area contributed by atoms with E-state index in [1.807, 2.05) is 0 Å². The van der Waals surface area contributed by atoms with Crippen molar-refractivity contribution in [1.29, 1.82) is 0 Å². The van der Waals surface area contributed by atoms with Gasteiger partial charge in [-0.25, -0.2) is 4.79 Å². The third kappa shape index (κ3) is 6.28. The van der Waals surface area contributed by atoms with Crippen molar-refractivity contribution in [2.75, 3.05) is 6.54 Å². The highest BCUT2D eigenvalue weighted by atomic mass is 16.4. The lowest BCUT2D eigenvalue weighted by molar-refractivity contribution is -0.138. The summed E-state index contributed by atoms with van der Waals surface area (Å²) >= 11 is 0. The first-order valence-electron chi connectivity index (χ1n) is 5.84. The van der Waals surface area contributed by atoms with Crippen molar-refractivity contribution >= 4 is 24.2 Å². The lowest BCUT2D eigenvalue weighted by Crippen LogP contribution is -2.23. The molecule has 0 spiro atoms. The van der Waals surface area contributed by atoms with Gasteiger partial charge in [-0.2, -0.15) is 0 Å². The van der Waals surface area contributed by atoms with Crippen LogP contribution in [0, 0.1) is 0 Å². The Kier molecular flexibility index (Phi) is 6.45. The van der Waals surface area contributed by atoms with E-state index in [1.165, 1.54) is 24.8 Å². The van der Waals surface area contributed by atoms with E-state index in [0.717, 1.165) is 0 Å². The van der Waals surface area contributed by atoms with Gasteiger partial charge in [0.2, 0.25) is 12.3 Å². The molecule has 0 amide bonds. The Morgan fingerprint density at radius 2 is 2.35 bits per heavy atom. The SMILES string of the molecule is NC(N)=NCCC[C@H](N=C/C=C/c1nnco1)C(=O)O. The van der Waals surface area contributed by atoms with Crippen LogP contribution in [-0.4, -0.2) is 46.0 Å². The van der Waals surface area contributed by atoms with Crippen LogP contribution >= 0.6 is 0 Å². The molecule has 0 aliphatic heterocycles. The predicted octanol–water partition coefficient (Wildman–Crippen LogP) is -0.340. The first kappa shape index (κ1) is 15.3. The molecule has 0 aromatic carbocycles. The minimum absolute atomic E-state index is 0.0112. The summed E-state index contributed by atoms with van der Waals surface area (Å²) in [4.78, 5) is 18.7. The van der Waals surface area contributed by atoms with E-state index in [-0.39, 0.29) is 5.96 Å². The van der Waals surface area contributed by atoms with Gasteiger partial charge in [-0.3, -0.25) is 9.98 Å². The second-order valence-corrected chi connectivity index (χ2v) is 3.74. The monoisotopic (exact) mass is 280 g/mol. The van der Waals surface area contributed by atoms with Crippen LogP contribution in [0.15, 0.2) is 26.9 Å². The highest BCUT2D eigenvalue weighted by molar-refractivity contribution is 5.81. The fraction of sp³-hybridized carbons (Fsp3) is 0.364. The van der Waals surface area contributed by atoms with Crippen molar-refractivity contribution < 1.29 is 14.3 Å². The fourth-order valence-corrected chi connectivity index (χ4v) is 1.29. The van der Waals surface area contributed by atoms with Crippen molar-refractivity contribution in [2.45, 2.75) is 18.9 Å². The fourth-order valence-electron chi connectivity index (χ4n) is 1.29. The maximum Gasteiger partial charge on any atom is 0.328 e. The molecule has 1 heterocycles. The van der Waals surface area contributed by atoms with Gasteiger partial charge in [-0.15, -0.1) is 10.2 Å². The van der Waals surface area contributed by atoms with Gasteiger partial charge in [0.25, 0.3) is 0 Å². The van der Waals surface area contributed by atoms with Gasteiger partial charge in [0.15, 0.2) is 5.96 Å². The number of aliphatic carboxylic acids is 1. The minimum atomic E-state index is -1.00. The summed E-state index contributed by atoms with van der Waals surface area (Å²) < 4.78 is 4.86. The van der Waals surface area contributed by atoms with Crippen molar-refractivity contribution in [3.63, 3.8) is 0 Å². The van der Waals surface area contributed by atoms with Crippen LogP contribution < -0.4 is 11.5 Å². The van der Waals surface area contributed by atoms with Gasteiger partial charge in [0, 0.05) is 18.8 Å². The minimum Gasteiger partial charge on any atom is -0.480 e. The number of carboxylic acid groups (broad SMARTS) is 1. The molecule has 1 aromatic rings. The maximum atomic E-state index is 11.0. The lowest BCUT2D eigenvalue weighted by Gasteiger charge is -2.05. The summed E-state index contributed by atoms with van der Waals surface area (Å²) in [6, 6.07) is -0.837. The number of aliphatic imine (C=N–C) groups is 2. The van der Waals surface area contributed by atoms with E-state index < -0.39 is 12.0 Å². The normalized spacial score (nSPS) is 12.8. The molecular formula is C11H16N6O3. The van der Waals surface area contributed by atoms with Crippen LogP contribution in [0.4, 0.5) is 0 Å². The molecule has 108 valence electrons. The molecule has 0 aliphatic carbocycles. The van der Waals surface area contributed by atoms with E-state index in [2.05, 4.69) is 20.2 Å². The van der Waals surface area contributed by atoms with E-state index in [9.17, 15) is 4.79 Å². The van der Waals surface area contributed by atoms with Crippen molar-refractivity contribution in [2.24, 2.45) is 21.5 Å². The first-order chi connectivity index (χ1) is 9.59. The van der Waals surface area contributed by atoms with Crippen molar-refractivity contribution in [3.05, 3.63) is 18.4 Å². The molecule has 0 fully saturated rings. The number of hydrogen-bond donors (Lipinski definition) is 3. The van der Waals surface area contributed by atoms with Gasteiger partial charge in [0.05, 0.1) is 0 Å². The zero-order valence-corrected chi connectivity index (χ0v) is 10.7. The van der Waals surface area contributed by atoms with Crippen LogP contribution in [0.5, 0.6) is 0 Å². The third-order valence-electron chi connectivity index (χ3n) is 2.18. The number of aromatic nitrogens is 2. The zero-order chi connectivity index (χ0) is 14.8. The molecule has 1 rings (SSSR count). The van der Waals surface area contributed by atoms with Gasteiger partial charge in [-0.05, 0) is 18.9 Å². The number of hydrogen-bond acceptors (Lipinski definition) is 6. The summed E-state index contributed by atoms with van der Waals surface area (Å²) in [5.41, 5.74) is 10.3. The lowest BCUT2D eigenvalue weighted by atomic mass is 10.1. The molecule has 9 nitrogen and oxygen atoms in total. The summed E-state index contributed by atoms with van der Waals surface area (Å²) in [6.07, 6.45) is 6.50. The number of carboxylic acids is 1. The predicted molar refractivity (Wildman–Crippen MR) is 73.2 cm³/mol. The quantitative estimate of drug-likeness (QED) is 0.334. The number of guanidine groups is 1. The van der Waals surface area contributed by atoms with Crippen LogP contribution in [0.3, 0.4) is 0 Å².